The number of aliphatic hydroxyl groups excluding tert-OH is 1. The number of hydrogen-bond donors (Lipinski definition) is 2. The highest BCUT2D eigenvalue weighted by Crippen LogP contribution is 2.42. The number of hydrogen-bond acceptors (Lipinski definition) is 2. The molecule has 1 unspecified atom stereocenters. The second kappa shape index (κ2) is 5.47. The van der Waals surface area contributed by atoms with Crippen LogP contribution in [0.5, 0.6) is 0 Å². The molecule has 1 aliphatic rings. The summed E-state index contributed by atoms with van der Waals surface area (Å²) in [6.07, 6.45) is 6.37. The summed E-state index contributed by atoms with van der Waals surface area (Å²) in [6.45, 7) is 13.0. The van der Waals surface area contributed by atoms with Crippen LogP contribution in [0.25, 0.3) is 0 Å². The highest BCUT2D eigenvalue weighted by molar-refractivity contribution is 5.84. The van der Waals surface area contributed by atoms with Crippen LogP contribution < -0.4 is 0 Å². The lowest BCUT2D eigenvalue weighted by Gasteiger charge is -2.36. The molecule has 3 nitrogen and oxygen atoms in total. The topological polar surface area (TPSA) is 57.5 Å². The molecule has 0 fully saturated rings. The van der Waals surface area contributed by atoms with Crippen molar-refractivity contribution in [2.45, 2.75) is 48.0 Å². The minimum absolute atomic E-state index is 0.0374. The molecule has 0 aromatic carbocycles. The number of carboxylic acids is 1. The Morgan fingerprint density at radius 2 is 1.75 bits per heavy atom. The number of carbonyl (C=O) groups is 1. The van der Waals surface area contributed by atoms with E-state index < -0.39 is 11.7 Å². The first kappa shape index (κ1) is 16.5. The van der Waals surface area contributed by atoms with E-state index in [-0.39, 0.29) is 10.8 Å². The number of aliphatic hydroxyl groups is 1. The van der Waals surface area contributed by atoms with E-state index in [1.807, 2.05) is 6.08 Å². The molecule has 1 rings (SSSR count). The van der Waals surface area contributed by atoms with E-state index in [9.17, 15) is 9.90 Å². The van der Waals surface area contributed by atoms with Crippen LogP contribution >= 0.6 is 0 Å². The van der Waals surface area contributed by atoms with Crippen molar-refractivity contribution in [3.05, 3.63) is 35.1 Å². The molecule has 0 heterocycles. The van der Waals surface area contributed by atoms with Gasteiger partial charge in [-0.3, -0.25) is 0 Å². The Morgan fingerprint density at radius 3 is 2.15 bits per heavy atom. The van der Waals surface area contributed by atoms with Gasteiger partial charge in [0.15, 0.2) is 0 Å². The van der Waals surface area contributed by atoms with Gasteiger partial charge >= 0.3 is 5.97 Å². The first-order chi connectivity index (χ1) is 8.91. The molecule has 0 saturated heterocycles. The fourth-order valence-electron chi connectivity index (χ4n) is 2.22. The third-order valence-corrected chi connectivity index (χ3v) is 3.77. The summed E-state index contributed by atoms with van der Waals surface area (Å²) in [5.41, 5.74) is 2.20. The van der Waals surface area contributed by atoms with Gasteiger partial charge in [0.25, 0.3) is 0 Å². The zero-order valence-electron chi connectivity index (χ0n) is 13.3. The van der Waals surface area contributed by atoms with Gasteiger partial charge in [-0.2, -0.15) is 0 Å². The SMILES string of the molecule is CC(C)(C)C1=CC(C=C(O)C(=O)O)=CC(C(C)(C)C)C1. The minimum Gasteiger partial charge on any atom is -0.502 e. The van der Waals surface area contributed by atoms with E-state index in [2.05, 4.69) is 47.6 Å². The van der Waals surface area contributed by atoms with Gasteiger partial charge in [0.1, 0.15) is 0 Å². The highest BCUT2D eigenvalue weighted by atomic mass is 16.4. The lowest BCUT2D eigenvalue weighted by atomic mass is 9.69. The average molecular weight is 278 g/mol. The Balaban J connectivity index is 3.23. The van der Waals surface area contributed by atoms with E-state index in [1.165, 1.54) is 11.6 Å². The number of rotatable bonds is 2. The van der Waals surface area contributed by atoms with Crippen LogP contribution in [0.15, 0.2) is 35.1 Å². The molecule has 0 bridgehead atoms. The molecule has 0 aliphatic heterocycles. The summed E-state index contributed by atoms with van der Waals surface area (Å²) >= 11 is 0. The maximum Gasteiger partial charge on any atom is 0.370 e. The van der Waals surface area contributed by atoms with Crippen molar-refractivity contribution < 1.29 is 15.0 Å². The molecule has 1 aliphatic carbocycles. The van der Waals surface area contributed by atoms with E-state index in [4.69, 9.17) is 5.11 Å². The van der Waals surface area contributed by atoms with Crippen molar-refractivity contribution in [2.75, 3.05) is 0 Å². The van der Waals surface area contributed by atoms with Gasteiger partial charge in [-0.05, 0) is 34.8 Å². The van der Waals surface area contributed by atoms with Gasteiger partial charge < -0.3 is 10.2 Å². The largest absolute Gasteiger partial charge is 0.502 e. The van der Waals surface area contributed by atoms with Crippen LogP contribution in [0.1, 0.15) is 48.0 Å². The van der Waals surface area contributed by atoms with Gasteiger partial charge in [-0.1, -0.05) is 59.3 Å². The summed E-state index contributed by atoms with van der Waals surface area (Å²) in [4.78, 5) is 10.8. The van der Waals surface area contributed by atoms with Gasteiger partial charge in [-0.25, -0.2) is 4.79 Å². The van der Waals surface area contributed by atoms with Gasteiger partial charge in [-0.15, -0.1) is 0 Å². The van der Waals surface area contributed by atoms with Crippen molar-refractivity contribution >= 4 is 5.97 Å². The summed E-state index contributed by atoms with van der Waals surface area (Å²) in [5.74, 6) is -1.58. The normalized spacial score (nSPS) is 21.3. The summed E-state index contributed by atoms with van der Waals surface area (Å²) < 4.78 is 0. The molecule has 3 heteroatoms. The first-order valence-corrected chi connectivity index (χ1v) is 6.98. The van der Waals surface area contributed by atoms with Crippen molar-refractivity contribution in [3.63, 3.8) is 0 Å². The zero-order valence-corrected chi connectivity index (χ0v) is 13.3. The molecule has 0 aromatic rings. The van der Waals surface area contributed by atoms with Crippen molar-refractivity contribution in [1.82, 2.24) is 0 Å². The Bertz CT molecular complexity index is 479. The molecule has 20 heavy (non-hydrogen) atoms. The molecule has 1 atom stereocenters. The summed E-state index contributed by atoms with van der Waals surface area (Å²) in [6, 6.07) is 0. The molecule has 0 aromatic heterocycles. The Kier molecular flexibility index (Phi) is 4.52. The smallest absolute Gasteiger partial charge is 0.370 e. The van der Waals surface area contributed by atoms with Crippen molar-refractivity contribution in [2.24, 2.45) is 16.7 Å². The van der Waals surface area contributed by atoms with Gasteiger partial charge in [0, 0.05) is 0 Å². The van der Waals surface area contributed by atoms with Crippen molar-refractivity contribution in [1.29, 1.82) is 0 Å². The number of carboxylic acid groups (broad SMARTS) is 1. The highest BCUT2D eigenvalue weighted by Gasteiger charge is 2.30. The van der Waals surface area contributed by atoms with Crippen LogP contribution in [-0.4, -0.2) is 16.2 Å². The van der Waals surface area contributed by atoms with E-state index in [1.54, 1.807) is 0 Å². The lowest BCUT2D eigenvalue weighted by molar-refractivity contribution is -0.135. The predicted molar refractivity (Wildman–Crippen MR) is 81.5 cm³/mol. The Morgan fingerprint density at radius 1 is 1.20 bits per heavy atom. The lowest BCUT2D eigenvalue weighted by Crippen LogP contribution is -2.25. The van der Waals surface area contributed by atoms with E-state index in [0.29, 0.717) is 5.92 Å². The molecule has 0 amide bonds. The van der Waals surface area contributed by atoms with Crippen LogP contribution in [-0.2, 0) is 4.79 Å². The Hall–Kier alpha value is -1.51. The molecule has 2 N–H and O–H groups in total. The second-order valence-corrected chi connectivity index (χ2v) is 7.60. The maximum absolute atomic E-state index is 10.8. The van der Waals surface area contributed by atoms with Crippen LogP contribution in [0.2, 0.25) is 0 Å². The third kappa shape index (κ3) is 4.26. The molecule has 0 spiro atoms. The molecular formula is C17H26O3. The quantitative estimate of drug-likeness (QED) is 0.578. The maximum atomic E-state index is 10.8. The van der Waals surface area contributed by atoms with Gasteiger partial charge in [0.2, 0.25) is 5.76 Å². The third-order valence-electron chi connectivity index (χ3n) is 3.77. The zero-order chi connectivity index (χ0) is 15.7. The summed E-state index contributed by atoms with van der Waals surface area (Å²) in [5, 5.41) is 18.2. The van der Waals surface area contributed by atoms with Gasteiger partial charge in [0.05, 0.1) is 0 Å². The standard InChI is InChI=1S/C17H26O3/c1-16(2,3)12-7-11(9-14(18)15(19)20)8-13(10-12)17(4,5)6/h7-9,12,18H,10H2,1-6H3,(H,19,20). The number of allylic oxidation sites excluding steroid dienone is 5. The fourth-order valence-corrected chi connectivity index (χ4v) is 2.22. The minimum atomic E-state index is -1.30. The second-order valence-electron chi connectivity index (χ2n) is 7.60. The number of aliphatic carboxylic acids is 1. The predicted octanol–water partition coefficient (Wildman–Crippen LogP) is 4.48. The molecular weight excluding hydrogens is 252 g/mol. The van der Waals surface area contributed by atoms with Crippen LogP contribution in [0, 0.1) is 16.7 Å². The molecule has 0 saturated carbocycles. The molecule has 112 valence electrons. The summed E-state index contributed by atoms with van der Waals surface area (Å²) in [7, 11) is 0. The molecule has 0 radical (unpaired) electrons. The van der Waals surface area contributed by atoms with Crippen molar-refractivity contribution in [3.8, 4) is 0 Å². The average Bonchev–Trinajstić information content (AvgIpc) is 2.26. The Labute approximate surface area is 121 Å². The van der Waals surface area contributed by atoms with Crippen LogP contribution in [0.3, 0.4) is 0 Å². The van der Waals surface area contributed by atoms with E-state index >= 15 is 0 Å². The first-order valence-electron chi connectivity index (χ1n) is 6.98. The van der Waals surface area contributed by atoms with Crippen LogP contribution in [0.4, 0.5) is 0 Å². The monoisotopic (exact) mass is 278 g/mol. The fraction of sp³-hybridized carbons (Fsp3) is 0.588. The van der Waals surface area contributed by atoms with E-state index in [0.717, 1.165) is 12.0 Å².